The summed E-state index contributed by atoms with van der Waals surface area (Å²) in [5.74, 6) is -0.611. The normalized spacial score (nSPS) is 17.2. The lowest BCUT2D eigenvalue weighted by atomic mass is 9.94. The molecule has 0 bridgehead atoms. The van der Waals surface area contributed by atoms with E-state index in [1.54, 1.807) is 39.2 Å². The summed E-state index contributed by atoms with van der Waals surface area (Å²) in [5, 5.41) is 7.12. The van der Waals surface area contributed by atoms with E-state index in [9.17, 15) is 14.4 Å². The van der Waals surface area contributed by atoms with Crippen molar-refractivity contribution in [2.75, 3.05) is 46.0 Å². The number of benzene rings is 1. The molecule has 184 valence electrons. The lowest BCUT2D eigenvalue weighted by Crippen LogP contribution is -2.64. The van der Waals surface area contributed by atoms with Gasteiger partial charge in [0.25, 0.3) is 5.91 Å². The van der Waals surface area contributed by atoms with Gasteiger partial charge in [-0.3, -0.25) is 19.2 Å². The smallest absolute Gasteiger partial charge is 0.358 e. The average Bonchev–Trinajstić information content (AvgIpc) is 3.26. The number of nitrogens with one attached hydrogen (secondary N) is 1. The predicted octanol–water partition coefficient (Wildman–Crippen LogP) is 1.65. The van der Waals surface area contributed by atoms with Crippen molar-refractivity contribution in [3.05, 3.63) is 35.7 Å². The zero-order chi connectivity index (χ0) is 24.9. The molecular formula is C23H30N4O7. The molecule has 11 nitrogen and oxygen atoms in total. The van der Waals surface area contributed by atoms with Gasteiger partial charge in [-0.25, -0.2) is 4.79 Å². The number of ether oxygens (including phenoxy) is 4. The third-order valence-corrected chi connectivity index (χ3v) is 5.56. The molecule has 2 aromatic rings. The number of anilines is 1. The highest BCUT2D eigenvalue weighted by Gasteiger charge is 2.49. The Labute approximate surface area is 197 Å². The Morgan fingerprint density at radius 1 is 1.15 bits per heavy atom. The van der Waals surface area contributed by atoms with Crippen LogP contribution in [0, 0.1) is 0 Å². The van der Waals surface area contributed by atoms with Crippen LogP contribution in [0.1, 0.15) is 41.2 Å². The molecular weight excluding hydrogens is 444 g/mol. The summed E-state index contributed by atoms with van der Waals surface area (Å²) in [5.41, 5.74) is -0.749. The number of nitrogens with zero attached hydrogens (tertiary/aromatic N) is 3. The molecule has 0 saturated heterocycles. The van der Waals surface area contributed by atoms with E-state index in [1.807, 2.05) is 0 Å². The van der Waals surface area contributed by atoms with E-state index < -0.39 is 17.4 Å². The molecule has 0 aliphatic carbocycles. The number of esters is 1. The third-order valence-electron chi connectivity index (χ3n) is 5.56. The second-order valence-corrected chi connectivity index (χ2v) is 7.85. The lowest BCUT2D eigenvalue weighted by Gasteiger charge is -2.43. The van der Waals surface area contributed by atoms with Crippen molar-refractivity contribution in [1.29, 1.82) is 0 Å². The third kappa shape index (κ3) is 4.69. The van der Waals surface area contributed by atoms with Crippen LogP contribution in [0.25, 0.3) is 0 Å². The summed E-state index contributed by atoms with van der Waals surface area (Å²) in [4.78, 5) is 40.7. The van der Waals surface area contributed by atoms with Crippen molar-refractivity contribution in [3.8, 4) is 11.5 Å². The molecule has 0 spiro atoms. The second kappa shape index (κ2) is 10.6. The maximum absolute atomic E-state index is 13.7. The maximum atomic E-state index is 13.7. The number of rotatable bonds is 10. The molecule has 2 heterocycles. The predicted molar refractivity (Wildman–Crippen MR) is 122 cm³/mol. The van der Waals surface area contributed by atoms with Crippen LogP contribution in [0.3, 0.4) is 0 Å². The molecule has 1 aromatic carbocycles. The summed E-state index contributed by atoms with van der Waals surface area (Å²) >= 11 is 0. The van der Waals surface area contributed by atoms with E-state index >= 15 is 0 Å². The first-order valence-electron chi connectivity index (χ1n) is 10.9. The van der Waals surface area contributed by atoms with Crippen molar-refractivity contribution in [2.45, 2.75) is 32.4 Å². The van der Waals surface area contributed by atoms with Gasteiger partial charge in [0, 0.05) is 38.1 Å². The molecule has 0 saturated carbocycles. The van der Waals surface area contributed by atoms with Crippen LogP contribution in [-0.2, 0) is 20.8 Å². The SMILES string of the molecule is CCOC(=O)c1cc2n(n1)C[C@@](C)(C(=O)NCCCOC)N(c1ccc(OC)c(OC)c1)C2=O. The van der Waals surface area contributed by atoms with E-state index in [0.29, 0.717) is 36.8 Å². The quantitative estimate of drug-likeness (QED) is 0.408. The average molecular weight is 475 g/mol. The van der Waals surface area contributed by atoms with Crippen molar-refractivity contribution in [3.63, 3.8) is 0 Å². The largest absolute Gasteiger partial charge is 0.493 e. The Morgan fingerprint density at radius 3 is 2.53 bits per heavy atom. The molecule has 0 unspecified atom stereocenters. The van der Waals surface area contributed by atoms with Crippen LogP contribution < -0.4 is 19.7 Å². The van der Waals surface area contributed by atoms with Gasteiger partial charge in [-0.2, -0.15) is 5.10 Å². The van der Waals surface area contributed by atoms with Crippen molar-refractivity contribution >= 4 is 23.5 Å². The molecule has 11 heteroatoms. The number of carbonyl (C=O) groups excluding carboxylic acids is 3. The zero-order valence-electron chi connectivity index (χ0n) is 20.0. The first-order chi connectivity index (χ1) is 16.3. The fourth-order valence-corrected chi connectivity index (χ4v) is 3.86. The molecule has 1 aliphatic rings. The number of aromatic nitrogens is 2. The summed E-state index contributed by atoms with van der Waals surface area (Å²) in [7, 11) is 4.58. The van der Waals surface area contributed by atoms with Crippen molar-refractivity contribution in [2.24, 2.45) is 0 Å². The van der Waals surface area contributed by atoms with Crippen LogP contribution in [0.4, 0.5) is 5.69 Å². The van der Waals surface area contributed by atoms with Gasteiger partial charge < -0.3 is 24.3 Å². The van der Waals surface area contributed by atoms with Gasteiger partial charge in [-0.1, -0.05) is 0 Å². The van der Waals surface area contributed by atoms with Gasteiger partial charge in [-0.05, 0) is 32.4 Å². The van der Waals surface area contributed by atoms with Gasteiger partial charge in [0.15, 0.2) is 17.2 Å². The Bertz CT molecular complexity index is 1070. The Kier molecular flexibility index (Phi) is 7.77. The van der Waals surface area contributed by atoms with Crippen LogP contribution in [0.2, 0.25) is 0 Å². The minimum Gasteiger partial charge on any atom is -0.493 e. The molecule has 3 rings (SSSR count). The minimum atomic E-state index is -1.35. The highest BCUT2D eigenvalue weighted by atomic mass is 16.5. The number of carbonyl (C=O) groups is 3. The van der Waals surface area contributed by atoms with E-state index in [2.05, 4.69) is 10.4 Å². The van der Waals surface area contributed by atoms with Gasteiger partial charge >= 0.3 is 5.97 Å². The molecule has 0 radical (unpaired) electrons. The molecule has 1 N–H and O–H groups in total. The Hall–Kier alpha value is -3.60. The minimum absolute atomic E-state index is 0.00205. The molecule has 1 aliphatic heterocycles. The number of methoxy groups -OCH3 is 3. The van der Waals surface area contributed by atoms with Crippen LogP contribution in [0.5, 0.6) is 11.5 Å². The lowest BCUT2D eigenvalue weighted by molar-refractivity contribution is -0.126. The topological polar surface area (TPSA) is 121 Å². The van der Waals surface area contributed by atoms with E-state index in [1.165, 1.54) is 29.9 Å². The van der Waals surface area contributed by atoms with Crippen LogP contribution in [0.15, 0.2) is 24.3 Å². The second-order valence-electron chi connectivity index (χ2n) is 7.85. The Morgan fingerprint density at radius 2 is 1.88 bits per heavy atom. The first kappa shape index (κ1) is 25.0. The van der Waals surface area contributed by atoms with Gasteiger partial charge in [0.1, 0.15) is 11.2 Å². The summed E-state index contributed by atoms with van der Waals surface area (Å²) in [6.45, 7) is 4.40. The summed E-state index contributed by atoms with van der Waals surface area (Å²) in [6.07, 6.45) is 0.614. The molecule has 1 aromatic heterocycles. The van der Waals surface area contributed by atoms with Crippen molar-refractivity contribution < 1.29 is 33.3 Å². The Balaban J connectivity index is 2.06. The molecule has 0 fully saturated rings. The van der Waals surface area contributed by atoms with Crippen LogP contribution >= 0.6 is 0 Å². The first-order valence-corrected chi connectivity index (χ1v) is 10.9. The number of amides is 2. The van der Waals surface area contributed by atoms with Gasteiger partial charge in [0.05, 0.1) is 27.4 Å². The van der Waals surface area contributed by atoms with E-state index in [0.717, 1.165) is 0 Å². The van der Waals surface area contributed by atoms with E-state index in [-0.39, 0.29) is 30.4 Å². The monoisotopic (exact) mass is 474 g/mol. The standard InChI is InChI=1S/C23H30N4O7/c1-6-34-21(29)16-13-17-20(28)27(15-8-9-18(32-4)19(12-15)33-5)23(2,14-26(17)25-16)22(30)24-10-7-11-31-3/h8-9,12-13H,6-7,10-11,14H2,1-5H3,(H,24,30)/t23-/m0/s1. The van der Waals surface area contributed by atoms with Gasteiger partial charge in [-0.15, -0.1) is 0 Å². The molecule has 34 heavy (non-hydrogen) atoms. The zero-order valence-corrected chi connectivity index (χ0v) is 20.0. The number of hydrogen-bond acceptors (Lipinski definition) is 8. The van der Waals surface area contributed by atoms with Gasteiger partial charge in [0.2, 0.25) is 5.91 Å². The summed E-state index contributed by atoms with van der Waals surface area (Å²) < 4.78 is 22.1. The molecule has 1 atom stereocenters. The molecule has 2 amide bonds. The number of fused-ring (bicyclic) bond motifs is 1. The summed E-state index contributed by atoms with van der Waals surface area (Å²) in [6, 6.07) is 6.35. The van der Waals surface area contributed by atoms with Crippen LogP contribution in [-0.4, -0.2) is 74.2 Å². The fourth-order valence-electron chi connectivity index (χ4n) is 3.86. The number of hydrogen-bond donors (Lipinski definition) is 1. The highest BCUT2D eigenvalue weighted by molar-refractivity contribution is 6.12. The maximum Gasteiger partial charge on any atom is 0.358 e. The highest BCUT2D eigenvalue weighted by Crippen LogP contribution is 2.37. The van der Waals surface area contributed by atoms with Crippen molar-refractivity contribution in [1.82, 2.24) is 15.1 Å². The fraction of sp³-hybridized carbons (Fsp3) is 0.478. The van der Waals surface area contributed by atoms with E-state index in [4.69, 9.17) is 18.9 Å².